The standard InChI is InChI=1S/C25H22BrN3O2/c1-25(2,17-10-12-18(26)13-11-17)28-23(30)19-14-20(15-8-9-15)27-24-21(19)22(29-31-24)16-6-4-3-5-7-16/h3-7,10-15H,8-9H2,1-2H3,(H,28,30). The molecule has 2 aromatic heterocycles. The summed E-state index contributed by atoms with van der Waals surface area (Å²) in [6, 6.07) is 19.6. The highest BCUT2D eigenvalue weighted by molar-refractivity contribution is 9.10. The smallest absolute Gasteiger partial charge is 0.259 e. The first-order chi connectivity index (χ1) is 14.9. The van der Waals surface area contributed by atoms with E-state index in [1.165, 1.54) is 0 Å². The summed E-state index contributed by atoms with van der Waals surface area (Å²) in [6.45, 7) is 4.00. The quantitative estimate of drug-likeness (QED) is 0.373. The maximum absolute atomic E-state index is 13.6. The molecule has 2 aromatic carbocycles. The zero-order valence-electron chi connectivity index (χ0n) is 17.4. The molecule has 1 fully saturated rings. The van der Waals surface area contributed by atoms with Crippen molar-refractivity contribution in [1.29, 1.82) is 0 Å². The van der Waals surface area contributed by atoms with E-state index in [1.54, 1.807) is 0 Å². The molecule has 0 atom stereocenters. The van der Waals surface area contributed by atoms with E-state index in [-0.39, 0.29) is 5.91 Å². The minimum absolute atomic E-state index is 0.164. The number of benzene rings is 2. The van der Waals surface area contributed by atoms with Gasteiger partial charge >= 0.3 is 0 Å². The summed E-state index contributed by atoms with van der Waals surface area (Å²) in [5, 5.41) is 8.13. The minimum atomic E-state index is -0.558. The average Bonchev–Trinajstić information content (AvgIpc) is 3.53. The van der Waals surface area contributed by atoms with Crippen LogP contribution < -0.4 is 5.32 Å². The SMILES string of the molecule is CC(C)(NC(=O)c1cc(C2CC2)nc2onc(-c3ccccc3)c12)c1ccc(Br)cc1. The Morgan fingerprint density at radius 2 is 1.81 bits per heavy atom. The second kappa shape index (κ2) is 7.61. The topological polar surface area (TPSA) is 68.0 Å². The summed E-state index contributed by atoms with van der Waals surface area (Å²) in [6.07, 6.45) is 2.17. The van der Waals surface area contributed by atoms with Crippen molar-refractivity contribution in [3.8, 4) is 11.3 Å². The number of halogens is 1. The number of amides is 1. The van der Waals surface area contributed by atoms with Gasteiger partial charge in [0.05, 0.1) is 16.5 Å². The molecule has 0 bridgehead atoms. The van der Waals surface area contributed by atoms with Gasteiger partial charge in [0, 0.05) is 21.6 Å². The lowest BCUT2D eigenvalue weighted by Crippen LogP contribution is -2.41. The Morgan fingerprint density at radius 1 is 1.10 bits per heavy atom. The summed E-state index contributed by atoms with van der Waals surface area (Å²) in [7, 11) is 0. The van der Waals surface area contributed by atoms with E-state index in [2.05, 4.69) is 31.4 Å². The fourth-order valence-corrected chi connectivity index (χ4v) is 4.08. The number of hydrogen-bond donors (Lipinski definition) is 1. The van der Waals surface area contributed by atoms with Gasteiger partial charge in [0.15, 0.2) is 0 Å². The molecule has 156 valence electrons. The van der Waals surface area contributed by atoms with E-state index in [9.17, 15) is 4.79 Å². The van der Waals surface area contributed by atoms with Crippen molar-refractivity contribution in [2.45, 2.75) is 38.1 Å². The lowest BCUT2D eigenvalue weighted by molar-refractivity contribution is 0.0913. The van der Waals surface area contributed by atoms with Crippen molar-refractivity contribution in [2.75, 3.05) is 0 Å². The average molecular weight is 476 g/mol. The predicted octanol–water partition coefficient (Wildman–Crippen LogP) is 6.19. The number of carbonyl (C=O) groups is 1. The monoisotopic (exact) mass is 475 g/mol. The maximum Gasteiger partial charge on any atom is 0.259 e. The second-order valence-corrected chi connectivity index (χ2v) is 9.45. The molecule has 0 aliphatic heterocycles. The third-order valence-electron chi connectivity index (χ3n) is 5.75. The highest BCUT2D eigenvalue weighted by Crippen LogP contribution is 2.41. The predicted molar refractivity (Wildman–Crippen MR) is 124 cm³/mol. The van der Waals surface area contributed by atoms with E-state index in [1.807, 2.05) is 74.5 Å². The fourth-order valence-electron chi connectivity index (χ4n) is 3.82. The van der Waals surface area contributed by atoms with E-state index >= 15 is 0 Å². The molecular weight excluding hydrogens is 454 g/mol. The van der Waals surface area contributed by atoms with E-state index in [4.69, 9.17) is 4.52 Å². The molecule has 0 saturated heterocycles. The largest absolute Gasteiger partial charge is 0.343 e. The van der Waals surface area contributed by atoms with Crippen LogP contribution in [0.3, 0.4) is 0 Å². The van der Waals surface area contributed by atoms with Gasteiger partial charge in [-0.2, -0.15) is 0 Å². The third-order valence-corrected chi connectivity index (χ3v) is 6.27. The Morgan fingerprint density at radius 3 is 2.48 bits per heavy atom. The summed E-state index contributed by atoms with van der Waals surface area (Å²) in [5.74, 6) is 0.225. The number of rotatable bonds is 5. The zero-order valence-corrected chi connectivity index (χ0v) is 18.9. The first kappa shape index (κ1) is 19.9. The van der Waals surface area contributed by atoms with Crippen LogP contribution in [0.25, 0.3) is 22.4 Å². The summed E-state index contributed by atoms with van der Waals surface area (Å²) in [4.78, 5) is 18.3. The molecule has 0 radical (unpaired) electrons. The normalized spacial score (nSPS) is 14.0. The van der Waals surface area contributed by atoms with E-state index < -0.39 is 5.54 Å². The molecule has 31 heavy (non-hydrogen) atoms. The number of carbonyl (C=O) groups excluding carboxylic acids is 1. The van der Waals surface area contributed by atoms with Crippen molar-refractivity contribution < 1.29 is 9.32 Å². The van der Waals surface area contributed by atoms with Crippen molar-refractivity contribution in [2.24, 2.45) is 0 Å². The molecule has 5 rings (SSSR count). The van der Waals surface area contributed by atoms with Crippen LogP contribution in [0.1, 0.15) is 54.2 Å². The van der Waals surface area contributed by atoms with Crippen LogP contribution in [0.5, 0.6) is 0 Å². The molecule has 4 aromatic rings. The van der Waals surface area contributed by atoms with Crippen LogP contribution in [0.4, 0.5) is 0 Å². The highest BCUT2D eigenvalue weighted by Gasteiger charge is 2.31. The molecule has 2 heterocycles. The number of fused-ring (bicyclic) bond motifs is 1. The van der Waals surface area contributed by atoms with Crippen LogP contribution in [0, 0.1) is 0 Å². The minimum Gasteiger partial charge on any atom is -0.343 e. The highest BCUT2D eigenvalue weighted by atomic mass is 79.9. The van der Waals surface area contributed by atoms with Crippen LogP contribution in [-0.2, 0) is 5.54 Å². The van der Waals surface area contributed by atoms with Crippen LogP contribution in [0.15, 0.2) is 69.7 Å². The molecule has 0 spiro atoms. The maximum atomic E-state index is 13.6. The Labute approximate surface area is 189 Å². The Kier molecular flexibility index (Phi) is 4.89. The third kappa shape index (κ3) is 3.88. The van der Waals surface area contributed by atoms with Crippen molar-refractivity contribution in [3.63, 3.8) is 0 Å². The van der Waals surface area contributed by atoms with Crippen molar-refractivity contribution >= 4 is 32.9 Å². The Bertz CT molecular complexity index is 1260. The lowest BCUT2D eigenvalue weighted by atomic mass is 9.93. The van der Waals surface area contributed by atoms with Crippen molar-refractivity contribution in [1.82, 2.24) is 15.5 Å². The molecule has 1 aliphatic carbocycles. The number of pyridine rings is 1. The molecule has 0 unspecified atom stereocenters. The number of hydrogen-bond acceptors (Lipinski definition) is 4. The zero-order chi connectivity index (χ0) is 21.6. The van der Waals surface area contributed by atoms with Gasteiger partial charge in [0.1, 0.15) is 5.69 Å². The first-order valence-corrected chi connectivity index (χ1v) is 11.2. The number of nitrogens with zero attached hydrogens (tertiary/aromatic N) is 2. The Balaban J connectivity index is 1.59. The van der Waals surface area contributed by atoms with Gasteiger partial charge in [0.25, 0.3) is 11.6 Å². The molecule has 6 heteroatoms. The van der Waals surface area contributed by atoms with Gasteiger partial charge in [-0.05, 0) is 50.5 Å². The summed E-state index contributed by atoms with van der Waals surface area (Å²) >= 11 is 3.47. The summed E-state index contributed by atoms with van der Waals surface area (Å²) in [5.41, 5.74) is 3.85. The van der Waals surface area contributed by atoms with Crippen LogP contribution >= 0.6 is 15.9 Å². The van der Waals surface area contributed by atoms with E-state index in [0.717, 1.165) is 34.1 Å². The Hall–Kier alpha value is -2.99. The number of nitrogens with one attached hydrogen (secondary N) is 1. The van der Waals surface area contributed by atoms with Crippen LogP contribution in [0.2, 0.25) is 0 Å². The van der Waals surface area contributed by atoms with Crippen LogP contribution in [-0.4, -0.2) is 16.0 Å². The summed E-state index contributed by atoms with van der Waals surface area (Å²) < 4.78 is 6.59. The van der Waals surface area contributed by atoms with Gasteiger partial charge < -0.3 is 9.84 Å². The van der Waals surface area contributed by atoms with Crippen molar-refractivity contribution in [3.05, 3.63) is 82.0 Å². The lowest BCUT2D eigenvalue weighted by Gasteiger charge is -2.27. The molecular formula is C25H22BrN3O2. The van der Waals surface area contributed by atoms with Gasteiger partial charge in [0.2, 0.25) is 0 Å². The molecule has 5 nitrogen and oxygen atoms in total. The fraction of sp³-hybridized carbons (Fsp3) is 0.240. The molecule has 1 saturated carbocycles. The first-order valence-electron chi connectivity index (χ1n) is 10.4. The van der Waals surface area contributed by atoms with Gasteiger partial charge in [-0.15, -0.1) is 0 Å². The molecule has 1 aliphatic rings. The molecule has 1 amide bonds. The van der Waals surface area contributed by atoms with Gasteiger partial charge in [-0.3, -0.25) is 4.79 Å². The number of aromatic nitrogens is 2. The van der Waals surface area contributed by atoms with Gasteiger partial charge in [-0.1, -0.05) is 63.6 Å². The van der Waals surface area contributed by atoms with E-state index in [0.29, 0.717) is 28.3 Å². The molecule has 1 N–H and O–H groups in total. The van der Waals surface area contributed by atoms with Gasteiger partial charge in [-0.25, -0.2) is 4.98 Å². The second-order valence-electron chi connectivity index (χ2n) is 8.53.